The van der Waals surface area contributed by atoms with Crippen molar-refractivity contribution in [1.82, 2.24) is 0 Å². The van der Waals surface area contributed by atoms with Crippen LogP contribution in [0.3, 0.4) is 0 Å². The van der Waals surface area contributed by atoms with E-state index in [1.807, 2.05) is 87.5 Å². The summed E-state index contributed by atoms with van der Waals surface area (Å²) in [5.74, 6) is 1.05. The standard InChI is InChI=1S/C40H34Cl2N2O3S/c1-5-10-29-19-27(20-36(46-6-2)38(29)47-24-30-13-9-12-28-11-7-8-14-33(28)30)21-37-39(45)44(32-18-16-26(4)35(42)23-32)40(48-37)43-31-17-15-25(3)34(41)22-31/h5,7-9,11-23H,1,6,10,24H2,2-4H3/b37-21+,43-40?. The molecule has 242 valence electrons. The molecule has 0 atom stereocenters. The van der Waals surface area contributed by atoms with Gasteiger partial charge in [0.05, 0.1) is 22.9 Å². The number of halogens is 2. The van der Waals surface area contributed by atoms with Crippen molar-refractivity contribution >= 4 is 74.3 Å². The van der Waals surface area contributed by atoms with Crippen molar-refractivity contribution in [3.63, 3.8) is 0 Å². The smallest absolute Gasteiger partial charge is 0.271 e. The summed E-state index contributed by atoms with van der Waals surface area (Å²) in [5.41, 5.74) is 5.92. The Morgan fingerprint density at radius 2 is 1.62 bits per heavy atom. The lowest BCUT2D eigenvalue weighted by Crippen LogP contribution is -2.28. The van der Waals surface area contributed by atoms with Crippen LogP contribution in [0.25, 0.3) is 16.8 Å². The van der Waals surface area contributed by atoms with E-state index < -0.39 is 0 Å². The lowest BCUT2D eigenvalue weighted by Gasteiger charge is -2.18. The highest BCUT2D eigenvalue weighted by atomic mass is 35.5. The third-order valence-corrected chi connectivity index (χ3v) is 9.75. The molecule has 0 aliphatic carbocycles. The van der Waals surface area contributed by atoms with Crippen LogP contribution in [0.5, 0.6) is 11.5 Å². The number of nitrogens with zero attached hydrogens (tertiary/aromatic N) is 2. The van der Waals surface area contributed by atoms with Crippen LogP contribution in [0.15, 0.2) is 114 Å². The van der Waals surface area contributed by atoms with Crippen molar-refractivity contribution in [3.05, 3.63) is 146 Å². The first-order valence-corrected chi connectivity index (χ1v) is 17.2. The monoisotopic (exact) mass is 692 g/mol. The van der Waals surface area contributed by atoms with E-state index in [9.17, 15) is 4.79 Å². The topological polar surface area (TPSA) is 51.1 Å². The van der Waals surface area contributed by atoms with Gasteiger partial charge < -0.3 is 9.47 Å². The van der Waals surface area contributed by atoms with Crippen molar-refractivity contribution in [3.8, 4) is 11.5 Å². The van der Waals surface area contributed by atoms with E-state index in [-0.39, 0.29) is 5.91 Å². The minimum absolute atomic E-state index is 0.212. The van der Waals surface area contributed by atoms with Crippen LogP contribution in [-0.2, 0) is 17.8 Å². The number of hydrogen-bond acceptors (Lipinski definition) is 5. The van der Waals surface area contributed by atoms with E-state index in [4.69, 9.17) is 37.7 Å². The molecule has 8 heteroatoms. The maximum atomic E-state index is 14.1. The molecule has 0 N–H and O–H groups in total. The van der Waals surface area contributed by atoms with E-state index >= 15 is 0 Å². The Hall–Kier alpha value is -4.49. The van der Waals surface area contributed by atoms with Crippen LogP contribution in [0, 0.1) is 13.8 Å². The van der Waals surface area contributed by atoms with Crippen LogP contribution in [0.1, 0.15) is 34.7 Å². The van der Waals surface area contributed by atoms with Crippen molar-refractivity contribution in [2.75, 3.05) is 11.5 Å². The van der Waals surface area contributed by atoms with Gasteiger partial charge in [0.1, 0.15) is 6.61 Å². The van der Waals surface area contributed by atoms with Crippen molar-refractivity contribution in [2.45, 2.75) is 33.8 Å². The summed E-state index contributed by atoms with van der Waals surface area (Å²) in [6.07, 6.45) is 4.25. The number of ether oxygens (including phenoxy) is 2. The number of allylic oxidation sites excluding steroid dienone is 1. The zero-order chi connectivity index (χ0) is 33.8. The number of hydrogen-bond donors (Lipinski definition) is 0. The Balaban J connectivity index is 1.39. The fourth-order valence-electron chi connectivity index (χ4n) is 5.48. The predicted octanol–water partition coefficient (Wildman–Crippen LogP) is 11.3. The molecule has 0 radical (unpaired) electrons. The molecule has 1 saturated heterocycles. The summed E-state index contributed by atoms with van der Waals surface area (Å²) in [5, 5.41) is 3.97. The van der Waals surface area contributed by atoms with Gasteiger partial charge in [-0.15, -0.1) is 6.58 Å². The molecular weight excluding hydrogens is 659 g/mol. The first kappa shape index (κ1) is 33.4. The number of thioether (sulfide) groups is 1. The predicted molar refractivity (Wildman–Crippen MR) is 202 cm³/mol. The number of carbonyl (C=O) groups excluding carboxylic acids is 1. The van der Waals surface area contributed by atoms with E-state index in [0.717, 1.165) is 38.6 Å². The number of carbonyl (C=O) groups is 1. The van der Waals surface area contributed by atoms with Gasteiger partial charge in [-0.05, 0) is 114 Å². The number of benzene rings is 5. The van der Waals surface area contributed by atoms with E-state index in [0.29, 0.717) is 62.6 Å². The summed E-state index contributed by atoms with van der Waals surface area (Å²) in [6.45, 7) is 10.6. The fourth-order valence-corrected chi connectivity index (χ4v) is 6.83. The molecule has 1 aliphatic rings. The summed E-state index contributed by atoms with van der Waals surface area (Å²) >= 11 is 14.2. The molecular formula is C40H34Cl2N2O3S. The highest BCUT2D eigenvalue weighted by Crippen LogP contribution is 2.41. The number of rotatable bonds is 10. The third-order valence-electron chi connectivity index (χ3n) is 7.97. The Labute approximate surface area is 295 Å². The van der Waals surface area contributed by atoms with Gasteiger partial charge in [-0.25, -0.2) is 4.99 Å². The van der Waals surface area contributed by atoms with Gasteiger partial charge in [0, 0.05) is 15.6 Å². The molecule has 1 fully saturated rings. The Morgan fingerprint density at radius 1 is 0.875 bits per heavy atom. The second-order valence-electron chi connectivity index (χ2n) is 11.4. The van der Waals surface area contributed by atoms with Crippen LogP contribution in [0.4, 0.5) is 11.4 Å². The zero-order valence-corrected chi connectivity index (χ0v) is 29.3. The number of amides is 1. The highest BCUT2D eigenvalue weighted by Gasteiger charge is 2.35. The summed E-state index contributed by atoms with van der Waals surface area (Å²) in [6, 6.07) is 29.6. The minimum Gasteiger partial charge on any atom is -0.490 e. The fraction of sp³-hybridized carbons (Fsp3) is 0.150. The minimum atomic E-state index is -0.212. The molecule has 48 heavy (non-hydrogen) atoms. The summed E-state index contributed by atoms with van der Waals surface area (Å²) in [4.78, 5) is 21.0. The van der Waals surface area contributed by atoms with Crippen LogP contribution < -0.4 is 14.4 Å². The maximum Gasteiger partial charge on any atom is 0.271 e. The van der Waals surface area contributed by atoms with Gasteiger partial charge in [0.15, 0.2) is 16.7 Å². The molecule has 0 saturated carbocycles. The highest BCUT2D eigenvalue weighted by molar-refractivity contribution is 8.19. The quantitative estimate of drug-likeness (QED) is 0.108. The number of fused-ring (bicyclic) bond motifs is 1. The third kappa shape index (κ3) is 7.16. The molecule has 5 aromatic rings. The van der Waals surface area contributed by atoms with Crippen molar-refractivity contribution in [1.29, 1.82) is 0 Å². The number of amidine groups is 1. The normalized spacial score (nSPS) is 14.7. The molecule has 1 heterocycles. The number of anilines is 1. The average Bonchev–Trinajstić information content (AvgIpc) is 3.37. The molecule has 0 spiro atoms. The first-order valence-electron chi connectivity index (χ1n) is 15.6. The number of aryl methyl sites for hydroxylation is 2. The van der Waals surface area contributed by atoms with Gasteiger partial charge >= 0.3 is 0 Å². The van der Waals surface area contributed by atoms with Gasteiger partial charge in [0.2, 0.25) is 0 Å². The second kappa shape index (κ2) is 14.7. The SMILES string of the molecule is C=CCc1cc(/C=C2/SC(=Nc3ccc(C)c(Cl)c3)N(c3ccc(C)c(Cl)c3)C2=O)cc(OCC)c1OCc1cccc2ccccc12. The van der Waals surface area contributed by atoms with Crippen LogP contribution in [-0.4, -0.2) is 17.7 Å². The largest absolute Gasteiger partial charge is 0.490 e. The Bertz CT molecular complexity index is 2100. The van der Waals surface area contributed by atoms with Crippen LogP contribution in [0.2, 0.25) is 10.0 Å². The van der Waals surface area contributed by atoms with Crippen molar-refractivity contribution in [2.24, 2.45) is 4.99 Å². The zero-order valence-electron chi connectivity index (χ0n) is 26.9. The molecule has 0 aromatic heterocycles. The molecule has 0 unspecified atom stereocenters. The van der Waals surface area contributed by atoms with E-state index in [2.05, 4.69) is 30.8 Å². The van der Waals surface area contributed by atoms with Gasteiger partial charge in [-0.2, -0.15) is 0 Å². The van der Waals surface area contributed by atoms with Gasteiger partial charge in [-0.1, -0.05) is 83.9 Å². The molecule has 1 aliphatic heterocycles. The molecule has 5 nitrogen and oxygen atoms in total. The lowest BCUT2D eigenvalue weighted by atomic mass is 10.0. The summed E-state index contributed by atoms with van der Waals surface area (Å²) in [7, 11) is 0. The lowest BCUT2D eigenvalue weighted by molar-refractivity contribution is -0.113. The van der Waals surface area contributed by atoms with Gasteiger partial charge in [0.25, 0.3) is 5.91 Å². The van der Waals surface area contributed by atoms with E-state index in [1.165, 1.54) is 11.8 Å². The Morgan fingerprint density at radius 3 is 2.38 bits per heavy atom. The Kier molecular flexibility index (Phi) is 10.3. The first-order chi connectivity index (χ1) is 23.2. The summed E-state index contributed by atoms with van der Waals surface area (Å²) < 4.78 is 12.6. The molecule has 5 aromatic carbocycles. The van der Waals surface area contributed by atoms with Gasteiger partial charge in [-0.3, -0.25) is 9.69 Å². The van der Waals surface area contributed by atoms with Crippen molar-refractivity contribution < 1.29 is 14.3 Å². The van der Waals surface area contributed by atoms with Crippen LogP contribution >= 0.6 is 35.0 Å². The maximum absolute atomic E-state index is 14.1. The average molecular weight is 694 g/mol. The van der Waals surface area contributed by atoms with E-state index in [1.54, 1.807) is 17.0 Å². The molecule has 0 bridgehead atoms. The molecule has 1 amide bonds. The second-order valence-corrected chi connectivity index (χ2v) is 13.2. The molecule has 6 rings (SSSR count). The number of aliphatic imine (C=N–C) groups is 1.